The van der Waals surface area contributed by atoms with Crippen molar-refractivity contribution >= 4 is 40.7 Å². The Morgan fingerprint density at radius 1 is 1.17 bits per heavy atom. The average Bonchev–Trinajstić information content (AvgIpc) is 3.04. The fraction of sp³-hybridized carbons (Fsp3) is 0.312. The smallest absolute Gasteiger partial charge is 0.274 e. The first-order valence-corrected chi connectivity index (χ1v) is 8.15. The molecule has 1 aliphatic heterocycles. The van der Waals surface area contributed by atoms with Gasteiger partial charge in [-0.1, -0.05) is 23.2 Å². The largest absolute Gasteiger partial charge is 0.341 e. The van der Waals surface area contributed by atoms with E-state index in [0.717, 1.165) is 31.6 Å². The second kappa shape index (κ2) is 6.72. The third-order valence-corrected chi connectivity index (χ3v) is 4.21. The van der Waals surface area contributed by atoms with Crippen LogP contribution in [0.1, 0.15) is 29.0 Å². The number of carbonyl (C=O) groups excluding carboxylic acids is 1. The molecule has 1 saturated heterocycles. The monoisotopic (exact) mass is 350 g/mol. The van der Waals surface area contributed by atoms with Gasteiger partial charge in [-0.05, 0) is 44.0 Å². The van der Waals surface area contributed by atoms with Gasteiger partial charge in [0.05, 0.1) is 10.7 Å². The summed E-state index contributed by atoms with van der Waals surface area (Å²) in [6.07, 6.45) is 2.24. The van der Waals surface area contributed by atoms with E-state index in [-0.39, 0.29) is 5.91 Å². The van der Waals surface area contributed by atoms with E-state index in [2.05, 4.69) is 20.2 Å². The van der Waals surface area contributed by atoms with E-state index in [1.165, 1.54) is 0 Å². The van der Waals surface area contributed by atoms with Crippen LogP contribution in [0.4, 0.5) is 11.6 Å². The van der Waals surface area contributed by atoms with Crippen LogP contribution in [0.3, 0.4) is 0 Å². The molecule has 1 aromatic heterocycles. The summed E-state index contributed by atoms with van der Waals surface area (Å²) in [7, 11) is 0. The van der Waals surface area contributed by atoms with Gasteiger partial charge in [-0.2, -0.15) is 0 Å². The number of hydrogen-bond donors (Lipinski definition) is 1. The predicted molar refractivity (Wildman–Crippen MR) is 92.6 cm³/mol. The van der Waals surface area contributed by atoms with E-state index in [1.54, 1.807) is 24.3 Å². The lowest BCUT2D eigenvalue weighted by molar-refractivity contribution is 0.102. The zero-order valence-corrected chi connectivity index (χ0v) is 14.2. The van der Waals surface area contributed by atoms with Crippen LogP contribution >= 0.6 is 23.2 Å². The summed E-state index contributed by atoms with van der Waals surface area (Å²) in [6.45, 7) is 3.69. The Bertz CT molecular complexity index is 745. The summed E-state index contributed by atoms with van der Waals surface area (Å²) in [4.78, 5) is 23.4. The molecule has 120 valence electrons. The van der Waals surface area contributed by atoms with Crippen molar-refractivity contribution in [2.75, 3.05) is 23.3 Å². The second-order valence-corrected chi connectivity index (χ2v) is 6.31. The molecule has 7 heteroatoms. The fourth-order valence-corrected chi connectivity index (χ4v) is 2.84. The maximum Gasteiger partial charge on any atom is 0.274 e. The molecule has 23 heavy (non-hydrogen) atoms. The highest BCUT2D eigenvalue weighted by molar-refractivity contribution is 6.35. The highest BCUT2D eigenvalue weighted by Gasteiger charge is 2.18. The van der Waals surface area contributed by atoms with E-state index >= 15 is 0 Å². The summed E-state index contributed by atoms with van der Waals surface area (Å²) in [6, 6.07) is 6.57. The molecular formula is C16H16Cl2N4O. The molecule has 1 amide bonds. The van der Waals surface area contributed by atoms with Crippen LogP contribution in [0.15, 0.2) is 24.3 Å². The predicted octanol–water partition coefficient (Wildman–Crippen LogP) is 3.94. The van der Waals surface area contributed by atoms with Crippen molar-refractivity contribution in [1.29, 1.82) is 0 Å². The number of aryl methyl sites for hydroxylation is 1. The quantitative estimate of drug-likeness (QED) is 0.910. The van der Waals surface area contributed by atoms with Gasteiger partial charge in [0.25, 0.3) is 5.91 Å². The van der Waals surface area contributed by atoms with Crippen LogP contribution < -0.4 is 10.2 Å². The molecule has 1 aliphatic rings. The molecule has 2 aromatic rings. The van der Waals surface area contributed by atoms with Crippen molar-refractivity contribution in [3.05, 3.63) is 45.7 Å². The van der Waals surface area contributed by atoms with E-state index in [1.807, 2.05) is 6.92 Å². The number of halogens is 2. The summed E-state index contributed by atoms with van der Waals surface area (Å²) >= 11 is 12.0. The van der Waals surface area contributed by atoms with Crippen LogP contribution in [0.5, 0.6) is 0 Å². The lowest BCUT2D eigenvalue weighted by Crippen LogP contribution is -2.23. The molecule has 0 spiro atoms. The van der Waals surface area contributed by atoms with Gasteiger partial charge in [-0.25, -0.2) is 9.97 Å². The Balaban J connectivity index is 1.85. The molecule has 1 aromatic carbocycles. The number of amides is 1. The lowest BCUT2D eigenvalue weighted by Gasteiger charge is -2.16. The minimum Gasteiger partial charge on any atom is -0.341 e. The number of carbonyl (C=O) groups is 1. The molecule has 0 unspecified atom stereocenters. The third kappa shape index (κ3) is 3.74. The Kier molecular flexibility index (Phi) is 4.68. The minimum atomic E-state index is -0.333. The van der Waals surface area contributed by atoms with Crippen LogP contribution in [-0.2, 0) is 0 Å². The first kappa shape index (κ1) is 16.0. The van der Waals surface area contributed by atoms with Gasteiger partial charge >= 0.3 is 0 Å². The summed E-state index contributed by atoms with van der Waals surface area (Å²) in [5, 5.41) is 3.67. The summed E-state index contributed by atoms with van der Waals surface area (Å²) in [5.74, 6) is 0.268. The van der Waals surface area contributed by atoms with Gasteiger partial charge < -0.3 is 10.2 Å². The molecule has 1 N–H and O–H groups in total. The maximum absolute atomic E-state index is 12.5. The molecule has 3 rings (SSSR count). The number of hydrogen-bond acceptors (Lipinski definition) is 4. The number of rotatable bonds is 3. The first-order valence-electron chi connectivity index (χ1n) is 7.40. The van der Waals surface area contributed by atoms with Crippen molar-refractivity contribution in [1.82, 2.24) is 9.97 Å². The Hall–Kier alpha value is -1.85. The van der Waals surface area contributed by atoms with E-state index in [0.29, 0.717) is 27.4 Å². The fourth-order valence-electron chi connectivity index (χ4n) is 2.51. The number of nitrogens with one attached hydrogen (secondary N) is 1. The first-order chi connectivity index (χ1) is 11.0. The molecule has 0 radical (unpaired) electrons. The lowest BCUT2D eigenvalue weighted by atomic mass is 10.3. The van der Waals surface area contributed by atoms with Crippen LogP contribution in [0.2, 0.25) is 10.0 Å². The number of benzene rings is 1. The SMILES string of the molecule is Cc1cc(C(=O)Nc2cc(Cl)ccc2Cl)nc(N2CCCC2)n1. The van der Waals surface area contributed by atoms with Crippen LogP contribution in [0, 0.1) is 6.92 Å². The number of nitrogens with zero attached hydrogens (tertiary/aromatic N) is 3. The molecule has 2 heterocycles. The normalized spacial score (nSPS) is 14.1. The van der Waals surface area contributed by atoms with Gasteiger partial charge in [-0.3, -0.25) is 4.79 Å². The summed E-state index contributed by atoms with van der Waals surface area (Å²) in [5.41, 5.74) is 1.53. The molecule has 0 aliphatic carbocycles. The molecule has 1 fully saturated rings. The van der Waals surface area contributed by atoms with Crippen molar-refractivity contribution in [3.8, 4) is 0 Å². The van der Waals surface area contributed by atoms with E-state index in [9.17, 15) is 4.79 Å². The topological polar surface area (TPSA) is 58.1 Å². The van der Waals surface area contributed by atoms with Crippen molar-refractivity contribution in [3.63, 3.8) is 0 Å². The highest BCUT2D eigenvalue weighted by atomic mass is 35.5. The van der Waals surface area contributed by atoms with Gasteiger partial charge in [-0.15, -0.1) is 0 Å². The van der Waals surface area contributed by atoms with Gasteiger partial charge in [0, 0.05) is 23.8 Å². The molecule has 0 atom stereocenters. The van der Waals surface area contributed by atoms with Gasteiger partial charge in [0.1, 0.15) is 5.69 Å². The van der Waals surface area contributed by atoms with E-state index in [4.69, 9.17) is 23.2 Å². The minimum absolute atomic E-state index is 0.315. The van der Waals surface area contributed by atoms with Crippen LogP contribution in [-0.4, -0.2) is 29.0 Å². The maximum atomic E-state index is 12.5. The standard InChI is InChI=1S/C16H16Cl2N4O/c1-10-8-14(21-16(19-10)22-6-2-3-7-22)15(23)20-13-9-11(17)4-5-12(13)18/h4-5,8-9H,2-3,6-7H2,1H3,(H,20,23). The van der Waals surface area contributed by atoms with Crippen molar-refractivity contribution in [2.45, 2.75) is 19.8 Å². The van der Waals surface area contributed by atoms with Crippen LogP contribution in [0.25, 0.3) is 0 Å². The molecule has 0 saturated carbocycles. The molecule has 0 bridgehead atoms. The summed E-state index contributed by atoms with van der Waals surface area (Å²) < 4.78 is 0. The van der Waals surface area contributed by atoms with Crippen molar-refractivity contribution in [2.24, 2.45) is 0 Å². The Morgan fingerprint density at radius 3 is 2.65 bits per heavy atom. The zero-order valence-electron chi connectivity index (χ0n) is 12.6. The second-order valence-electron chi connectivity index (χ2n) is 5.47. The number of aromatic nitrogens is 2. The number of anilines is 2. The Morgan fingerprint density at radius 2 is 1.91 bits per heavy atom. The molecule has 5 nitrogen and oxygen atoms in total. The zero-order chi connectivity index (χ0) is 16.4. The van der Waals surface area contributed by atoms with Crippen molar-refractivity contribution < 1.29 is 4.79 Å². The van der Waals surface area contributed by atoms with Gasteiger partial charge in [0.2, 0.25) is 5.95 Å². The Labute approximate surface area is 144 Å². The molecular weight excluding hydrogens is 335 g/mol. The third-order valence-electron chi connectivity index (χ3n) is 3.64. The van der Waals surface area contributed by atoms with E-state index < -0.39 is 0 Å². The highest BCUT2D eigenvalue weighted by Crippen LogP contribution is 2.26. The average molecular weight is 351 g/mol. The van der Waals surface area contributed by atoms with Gasteiger partial charge in [0.15, 0.2) is 0 Å².